The molecule has 1 unspecified atom stereocenters. The molecular weight excluding hydrogens is 1260 g/mol. The highest BCUT2D eigenvalue weighted by molar-refractivity contribution is 5.93. The molecule has 22 nitrogen and oxygen atoms in total. The number of hydrogen-bond acceptors (Lipinski definition) is 22. The summed E-state index contributed by atoms with van der Waals surface area (Å²) in [5, 5.41) is 12.1. The van der Waals surface area contributed by atoms with Crippen LogP contribution in [-0.2, 0) is 61.6 Å². The van der Waals surface area contributed by atoms with Crippen LogP contribution in [0.3, 0.4) is 0 Å². The summed E-state index contributed by atoms with van der Waals surface area (Å²) < 4.78 is 82.5. The van der Waals surface area contributed by atoms with Gasteiger partial charge >= 0.3 is 47.8 Å². The van der Waals surface area contributed by atoms with Crippen LogP contribution in [0.1, 0.15) is 96.7 Å². The first kappa shape index (κ1) is 68.7. The van der Waals surface area contributed by atoms with Crippen LogP contribution in [0.15, 0.2) is 243 Å². The van der Waals surface area contributed by atoms with Crippen molar-refractivity contribution in [3.8, 4) is 0 Å². The lowest BCUT2D eigenvalue weighted by Gasteiger charge is -2.47. The Labute approximate surface area is 563 Å². The Kier molecular flexibility index (Phi) is 23.0. The van der Waals surface area contributed by atoms with Gasteiger partial charge in [-0.1, -0.05) is 159 Å². The fraction of sp³-hybridized carbons (Fsp3) is 0.263. The van der Waals surface area contributed by atoms with Crippen LogP contribution >= 0.6 is 0 Å². The number of ether oxygens (including phenoxy) is 13. The largest absolute Gasteiger partial charge is 0.459 e. The lowest BCUT2D eigenvalue weighted by Crippen LogP contribution is -2.65. The van der Waals surface area contributed by atoms with Crippen molar-refractivity contribution in [1.29, 1.82) is 0 Å². The minimum absolute atomic E-state index is 0.00222. The van der Waals surface area contributed by atoms with E-state index in [2.05, 4.69) is 0 Å². The van der Waals surface area contributed by atoms with Crippen molar-refractivity contribution >= 4 is 47.8 Å². The second-order valence-corrected chi connectivity index (χ2v) is 23.2. The fourth-order valence-electron chi connectivity index (χ4n) is 11.3. The van der Waals surface area contributed by atoms with Crippen molar-refractivity contribution in [3.05, 3.63) is 287 Å². The van der Waals surface area contributed by atoms with E-state index in [0.717, 1.165) is 0 Å². The highest BCUT2D eigenvalue weighted by atomic mass is 16.8. The Balaban J connectivity index is 0.995. The van der Waals surface area contributed by atoms with Gasteiger partial charge in [0.2, 0.25) is 0 Å². The van der Waals surface area contributed by atoms with E-state index < -0.39 is 153 Å². The van der Waals surface area contributed by atoms with Crippen molar-refractivity contribution in [2.75, 3.05) is 19.8 Å². The van der Waals surface area contributed by atoms with Gasteiger partial charge in [0, 0.05) is 5.92 Å². The van der Waals surface area contributed by atoms with Gasteiger partial charge in [-0.3, -0.25) is 0 Å². The molecule has 98 heavy (non-hydrogen) atoms. The van der Waals surface area contributed by atoms with Crippen LogP contribution in [0.2, 0.25) is 0 Å². The molecule has 0 radical (unpaired) electrons. The molecule has 3 aliphatic heterocycles. The molecule has 3 heterocycles. The molecule has 0 spiro atoms. The minimum atomic E-state index is -2.17. The van der Waals surface area contributed by atoms with E-state index in [4.69, 9.17) is 61.6 Å². The third kappa shape index (κ3) is 17.1. The third-order valence-corrected chi connectivity index (χ3v) is 16.7. The summed E-state index contributed by atoms with van der Waals surface area (Å²) in [6.07, 6.45) is -22.6. The molecule has 504 valence electrons. The van der Waals surface area contributed by atoms with Gasteiger partial charge < -0.3 is 66.7 Å². The van der Waals surface area contributed by atoms with E-state index in [0.29, 0.717) is 0 Å². The molecule has 0 saturated carbocycles. The Bertz CT molecular complexity index is 3970. The molecule has 22 heteroatoms. The van der Waals surface area contributed by atoms with E-state index in [1.807, 2.05) is 6.92 Å². The lowest BCUT2D eigenvalue weighted by atomic mass is 9.83. The number of carbonyl (C=O) groups excluding carboxylic acids is 8. The topological polar surface area (TPSA) is 277 Å². The maximum absolute atomic E-state index is 14.7. The summed E-state index contributed by atoms with van der Waals surface area (Å²) in [5.41, 5.74) is 0.541. The van der Waals surface area contributed by atoms with Crippen LogP contribution in [0.5, 0.6) is 0 Å². The molecule has 1 N–H and O–H groups in total. The van der Waals surface area contributed by atoms with Gasteiger partial charge in [-0.25, -0.2) is 38.4 Å². The molecular formula is C76H68O22. The maximum atomic E-state index is 14.7. The average molecular weight is 1330 g/mol. The van der Waals surface area contributed by atoms with Gasteiger partial charge in [0.05, 0.1) is 63.8 Å². The quantitative estimate of drug-likeness (QED) is 0.0460. The highest BCUT2D eigenvalue weighted by Crippen LogP contribution is 2.38. The Morgan fingerprint density at radius 3 is 0.857 bits per heavy atom. The van der Waals surface area contributed by atoms with Gasteiger partial charge in [-0.15, -0.1) is 0 Å². The number of hydrogen-bond donors (Lipinski definition) is 1. The number of rotatable bonds is 23. The van der Waals surface area contributed by atoms with E-state index in [1.54, 1.807) is 177 Å². The summed E-state index contributed by atoms with van der Waals surface area (Å²) in [6.45, 7) is 1.75. The molecule has 3 fully saturated rings. The van der Waals surface area contributed by atoms with Gasteiger partial charge in [0.1, 0.15) is 18.8 Å². The van der Waals surface area contributed by atoms with Crippen molar-refractivity contribution in [1.82, 2.24) is 0 Å². The molecule has 8 aromatic carbocycles. The summed E-state index contributed by atoms with van der Waals surface area (Å²) in [4.78, 5) is 114. The summed E-state index contributed by atoms with van der Waals surface area (Å²) in [6, 6.07) is 62.7. The smallest absolute Gasteiger partial charge is 0.338 e. The molecule has 3 saturated heterocycles. The average Bonchev–Trinajstić information content (AvgIpc) is 0.787. The predicted molar refractivity (Wildman–Crippen MR) is 345 cm³/mol. The van der Waals surface area contributed by atoms with Gasteiger partial charge in [-0.05, 0) is 103 Å². The second kappa shape index (κ2) is 32.8. The molecule has 0 amide bonds. The second-order valence-electron chi connectivity index (χ2n) is 23.2. The zero-order valence-electron chi connectivity index (χ0n) is 52.9. The van der Waals surface area contributed by atoms with E-state index >= 15 is 0 Å². The zero-order valence-corrected chi connectivity index (χ0v) is 52.9. The van der Waals surface area contributed by atoms with Crippen LogP contribution < -0.4 is 0 Å². The predicted octanol–water partition coefficient (Wildman–Crippen LogP) is 9.89. The van der Waals surface area contributed by atoms with E-state index in [1.165, 1.54) is 72.8 Å². The molecule has 0 aromatic heterocycles. The fourth-order valence-corrected chi connectivity index (χ4v) is 11.3. The monoisotopic (exact) mass is 1330 g/mol. The Morgan fingerprint density at radius 1 is 0.276 bits per heavy atom. The lowest BCUT2D eigenvalue weighted by molar-refractivity contribution is -0.333. The van der Waals surface area contributed by atoms with Crippen LogP contribution in [0, 0.1) is 11.8 Å². The molecule has 8 aromatic rings. The van der Waals surface area contributed by atoms with E-state index in [9.17, 15) is 43.5 Å². The Hall–Kier alpha value is -10.7. The van der Waals surface area contributed by atoms with Crippen molar-refractivity contribution < 1.29 is 105 Å². The molecule has 0 aliphatic carbocycles. The number of aliphatic hydroxyl groups excluding tert-OH is 1. The molecule has 11 rings (SSSR count). The van der Waals surface area contributed by atoms with E-state index in [-0.39, 0.29) is 51.1 Å². The van der Waals surface area contributed by atoms with Gasteiger partial charge in [0.25, 0.3) is 0 Å². The standard InChI is InChI=1S/C76H68O22/c1-46-47(2)59(92-67(78)49-29-13-4-14-30-49)75(90-56(46)43-86-66(77)48-27-11-3-12-28-48)87-45-58-61(94-69(80)51-33-17-6-18-34-51)63(96-71(82)53-37-21-8-22-38-53)65(98-73(84)55-41-25-10-26-42-55)76(91-58)88-44-57-60(93-68(79)50-31-15-5-16-32-50)62(95-70(81)52-35-19-7-20-36-52)64(74(85)89-57)97-72(83)54-39-23-9-24-40-54/h3-42,46-47,56-65,74-76,85H,43-45H2,1-2H3/t46-,47-,56+,57+,58+,59+,60+,61+,62-,63-,64+,65+,74?,75+,76+/m0/s1. The SMILES string of the molecule is C[C@H]1[C@H](C)[C@@H](COC(=O)c2ccccc2)O[C@@H](OC[C@H]2O[C@@H](OC[C@H]3OC(O)[C@H](OC(=O)c4ccccc4)[C@@H](OC(=O)c4ccccc4)[C@@H]3OC(=O)c3ccccc3)[C@H](OC(=O)c3ccccc3)[C@@H](OC(=O)c3ccccc3)[C@@H]2OC(=O)c2ccccc2)[C@@H]1OC(=O)c1ccccc1. The maximum Gasteiger partial charge on any atom is 0.338 e. The summed E-state index contributed by atoms with van der Waals surface area (Å²) in [5.74, 6) is -8.44. The number of benzene rings is 8. The summed E-state index contributed by atoms with van der Waals surface area (Å²) in [7, 11) is 0. The number of aliphatic hydroxyl groups is 1. The molecule has 15 atom stereocenters. The number of esters is 8. The van der Waals surface area contributed by atoms with Crippen LogP contribution in [0.4, 0.5) is 0 Å². The number of carbonyl (C=O) groups is 8. The normalized spacial score (nSPS) is 25.0. The van der Waals surface area contributed by atoms with Crippen molar-refractivity contribution in [2.45, 2.75) is 93.8 Å². The molecule has 0 bridgehead atoms. The first-order valence-electron chi connectivity index (χ1n) is 31.6. The van der Waals surface area contributed by atoms with Crippen molar-refractivity contribution in [2.24, 2.45) is 11.8 Å². The first-order valence-corrected chi connectivity index (χ1v) is 31.6. The molecule has 3 aliphatic rings. The van der Waals surface area contributed by atoms with Crippen LogP contribution in [0.25, 0.3) is 0 Å². The zero-order chi connectivity index (χ0) is 68.5. The highest BCUT2D eigenvalue weighted by Gasteiger charge is 2.57. The van der Waals surface area contributed by atoms with Gasteiger partial charge in [0.15, 0.2) is 61.6 Å². The van der Waals surface area contributed by atoms with Crippen molar-refractivity contribution in [3.63, 3.8) is 0 Å². The first-order chi connectivity index (χ1) is 47.7. The summed E-state index contributed by atoms with van der Waals surface area (Å²) >= 11 is 0. The van der Waals surface area contributed by atoms with Gasteiger partial charge in [-0.2, -0.15) is 0 Å². The third-order valence-electron chi connectivity index (χ3n) is 16.7. The minimum Gasteiger partial charge on any atom is -0.459 e. The van der Waals surface area contributed by atoms with Crippen LogP contribution in [-0.4, -0.2) is 153 Å². The Morgan fingerprint density at radius 2 is 0.520 bits per heavy atom.